The van der Waals surface area contributed by atoms with Crippen LogP contribution in [-0.2, 0) is 0 Å². The summed E-state index contributed by atoms with van der Waals surface area (Å²) in [5, 5.41) is 20.3. The zero-order chi connectivity index (χ0) is 22.1. The van der Waals surface area contributed by atoms with Gasteiger partial charge in [0.2, 0.25) is 5.88 Å². The van der Waals surface area contributed by atoms with E-state index in [-0.39, 0.29) is 11.6 Å². The topological polar surface area (TPSA) is 91.6 Å². The number of aryl methyl sites for hydroxylation is 2. The molecule has 0 amide bonds. The molecule has 0 spiro atoms. The maximum absolute atomic E-state index is 10.6. The van der Waals surface area contributed by atoms with Crippen LogP contribution in [0.4, 0.5) is 5.69 Å². The maximum Gasteiger partial charge on any atom is 0.205 e. The summed E-state index contributed by atoms with van der Waals surface area (Å²) in [5.74, 6) is 0.0790. The number of fused-ring (bicyclic) bond motifs is 1. The number of nitrogens with two attached hydrogens (primary N) is 1. The highest BCUT2D eigenvalue weighted by Crippen LogP contribution is 2.44. The third kappa shape index (κ3) is 4.05. The van der Waals surface area contributed by atoms with Crippen LogP contribution in [-0.4, -0.2) is 11.3 Å². The quantitative estimate of drug-likeness (QED) is 0.474. The molecule has 0 bridgehead atoms. The number of rotatable bonds is 3. The van der Waals surface area contributed by atoms with E-state index in [0.717, 1.165) is 32.4 Å². The van der Waals surface area contributed by atoms with Crippen LogP contribution in [0.2, 0.25) is 0 Å². The lowest BCUT2D eigenvalue weighted by Crippen LogP contribution is -2.21. The van der Waals surface area contributed by atoms with Crippen molar-refractivity contribution in [2.45, 2.75) is 19.8 Å². The molecular weight excluding hydrogens is 454 g/mol. The van der Waals surface area contributed by atoms with E-state index in [9.17, 15) is 10.4 Å². The van der Waals surface area contributed by atoms with E-state index >= 15 is 0 Å². The minimum Gasteiger partial charge on any atom is -0.507 e. The van der Waals surface area contributed by atoms with E-state index < -0.39 is 5.92 Å². The van der Waals surface area contributed by atoms with Crippen LogP contribution in [0.3, 0.4) is 0 Å². The third-order valence-corrected chi connectivity index (χ3v) is 5.79. The Kier molecular flexibility index (Phi) is 5.53. The van der Waals surface area contributed by atoms with Crippen molar-refractivity contribution < 1.29 is 9.84 Å². The monoisotopic (exact) mass is 473 g/mol. The van der Waals surface area contributed by atoms with Gasteiger partial charge in [-0.2, -0.15) is 5.26 Å². The Balaban J connectivity index is 1.82. The zero-order valence-electron chi connectivity index (χ0n) is 17.1. The number of ether oxygens (including phenoxy) is 1. The number of benzene rings is 3. The smallest absolute Gasteiger partial charge is 0.205 e. The van der Waals surface area contributed by atoms with Gasteiger partial charge in [0, 0.05) is 27.9 Å². The minimum absolute atomic E-state index is 0.0232. The molecule has 0 saturated heterocycles. The Morgan fingerprint density at radius 3 is 2.55 bits per heavy atom. The number of phenolic OH excluding ortho intramolecular Hbond substituents is 1. The van der Waals surface area contributed by atoms with Crippen molar-refractivity contribution in [3.05, 3.63) is 98.3 Å². The number of halogens is 1. The molecule has 0 radical (unpaired) electrons. The summed E-state index contributed by atoms with van der Waals surface area (Å²) in [6, 6.07) is 19.2. The van der Waals surface area contributed by atoms with E-state index in [0.29, 0.717) is 16.9 Å². The molecule has 3 aromatic carbocycles. The molecule has 0 unspecified atom stereocenters. The first kappa shape index (κ1) is 20.7. The molecule has 1 atom stereocenters. The second-order valence-corrected chi connectivity index (χ2v) is 8.39. The molecule has 154 valence electrons. The number of allylic oxidation sites excluding steroid dienone is 1. The fraction of sp³-hybridized carbons (Fsp3) is 0.120. The second-order valence-electron chi connectivity index (χ2n) is 7.47. The number of nitrogens with zero attached hydrogens (tertiary/aromatic N) is 2. The molecule has 5 nitrogen and oxygen atoms in total. The van der Waals surface area contributed by atoms with Crippen LogP contribution in [0.25, 0.3) is 0 Å². The van der Waals surface area contributed by atoms with Crippen LogP contribution in [0.5, 0.6) is 11.5 Å². The highest BCUT2D eigenvalue weighted by molar-refractivity contribution is 9.10. The molecule has 0 saturated carbocycles. The molecule has 1 aliphatic rings. The van der Waals surface area contributed by atoms with E-state index in [1.165, 1.54) is 6.07 Å². The maximum atomic E-state index is 10.6. The van der Waals surface area contributed by atoms with Crippen LogP contribution >= 0.6 is 15.9 Å². The number of phenols is 1. The summed E-state index contributed by atoms with van der Waals surface area (Å²) < 4.78 is 6.60. The molecule has 6 heteroatoms. The lowest BCUT2D eigenvalue weighted by Gasteiger charge is -2.27. The van der Waals surface area contributed by atoms with Gasteiger partial charge in [-0.25, -0.2) is 0 Å². The predicted molar refractivity (Wildman–Crippen MR) is 125 cm³/mol. The minimum atomic E-state index is -0.407. The first-order chi connectivity index (χ1) is 14.9. The summed E-state index contributed by atoms with van der Waals surface area (Å²) in [5.41, 5.74) is 11.6. The Morgan fingerprint density at radius 1 is 1.13 bits per heavy atom. The van der Waals surface area contributed by atoms with Crippen molar-refractivity contribution in [2.24, 2.45) is 10.7 Å². The Labute approximate surface area is 189 Å². The summed E-state index contributed by atoms with van der Waals surface area (Å²) in [6.07, 6.45) is 1.62. The number of nitriles is 1. The van der Waals surface area contributed by atoms with E-state index in [1.54, 1.807) is 12.3 Å². The molecule has 31 heavy (non-hydrogen) atoms. The molecule has 3 aromatic rings. The lowest BCUT2D eigenvalue weighted by molar-refractivity contribution is 0.388. The SMILES string of the molecule is Cc1ccc(N=Cc2cc3c(cc2O)OC(N)=C(C#N)[C@H]3c2ccc(Br)cc2)c(C)c1. The van der Waals surface area contributed by atoms with Crippen LogP contribution in [0.1, 0.15) is 33.7 Å². The first-order valence-electron chi connectivity index (χ1n) is 9.68. The van der Waals surface area contributed by atoms with Gasteiger partial charge >= 0.3 is 0 Å². The van der Waals surface area contributed by atoms with Crippen molar-refractivity contribution in [2.75, 3.05) is 0 Å². The van der Waals surface area contributed by atoms with Gasteiger partial charge in [-0.15, -0.1) is 0 Å². The number of hydrogen-bond acceptors (Lipinski definition) is 5. The molecule has 1 heterocycles. The summed E-state index contributed by atoms with van der Waals surface area (Å²) in [7, 11) is 0. The lowest BCUT2D eigenvalue weighted by atomic mass is 9.83. The third-order valence-electron chi connectivity index (χ3n) is 5.26. The van der Waals surface area contributed by atoms with Crippen molar-refractivity contribution >= 4 is 27.8 Å². The van der Waals surface area contributed by atoms with Gasteiger partial charge in [0.15, 0.2) is 0 Å². The van der Waals surface area contributed by atoms with Crippen molar-refractivity contribution in [1.29, 1.82) is 5.26 Å². The summed E-state index contributed by atoms with van der Waals surface area (Å²) >= 11 is 3.44. The van der Waals surface area contributed by atoms with Crippen molar-refractivity contribution in [1.82, 2.24) is 0 Å². The van der Waals surface area contributed by atoms with Crippen molar-refractivity contribution in [3.63, 3.8) is 0 Å². The van der Waals surface area contributed by atoms with Gasteiger partial charge < -0.3 is 15.6 Å². The van der Waals surface area contributed by atoms with Gasteiger partial charge in [-0.1, -0.05) is 45.8 Å². The van der Waals surface area contributed by atoms with Gasteiger partial charge in [0.1, 0.15) is 23.1 Å². The Bertz CT molecular complexity index is 1270. The molecule has 0 aliphatic carbocycles. The highest BCUT2D eigenvalue weighted by atomic mass is 79.9. The zero-order valence-corrected chi connectivity index (χ0v) is 18.6. The van der Waals surface area contributed by atoms with Crippen LogP contribution in [0.15, 0.2) is 75.5 Å². The fourth-order valence-electron chi connectivity index (χ4n) is 3.70. The fourth-order valence-corrected chi connectivity index (χ4v) is 3.97. The number of aliphatic imine (C=N–C) groups is 1. The molecule has 0 fully saturated rings. The highest BCUT2D eigenvalue weighted by Gasteiger charge is 2.31. The van der Waals surface area contributed by atoms with Crippen LogP contribution in [0, 0.1) is 25.2 Å². The van der Waals surface area contributed by atoms with Crippen LogP contribution < -0.4 is 10.5 Å². The Morgan fingerprint density at radius 2 is 1.87 bits per heavy atom. The normalized spacial score (nSPS) is 15.5. The van der Waals surface area contributed by atoms with E-state index in [2.05, 4.69) is 33.1 Å². The largest absolute Gasteiger partial charge is 0.507 e. The average Bonchev–Trinajstić information content (AvgIpc) is 2.73. The van der Waals surface area contributed by atoms with Gasteiger partial charge in [0.05, 0.1) is 11.6 Å². The standard InChI is InChI=1S/C25H20BrN3O2/c1-14-3-8-21(15(2)9-14)29-13-17-10-19-23(11-22(17)30)31-25(28)20(12-27)24(19)16-4-6-18(26)7-5-16/h3-11,13,24,30H,28H2,1-2H3/t24-/m0/s1. The predicted octanol–water partition coefficient (Wildman–Crippen LogP) is 5.74. The van der Waals surface area contributed by atoms with Gasteiger partial charge in [-0.05, 0) is 49.2 Å². The molecule has 1 aliphatic heterocycles. The molecule has 4 rings (SSSR count). The number of hydrogen-bond donors (Lipinski definition) is 2. The van der Waals surface area contributed by atoms with Crippen molar-refractivity contribution in [3.8, 4) is 17.6 Å². The van der Waals surface area contributed by atoms with E-state index in [1.807, 2.05) is 50.2 Å². The molecular formula is C25H20BrN3O2. The first-order valence-corrected chi connectivity index (χ1v) is 10.5. The van der Waals surface area contributed by atoms with Gasteiger partial charge in [-0.3, -0.25) is 4.99 Å². The average molecular weight is 474 g/mol. The second kappa shape index (κ2) is 8.29. The number of aromatic hydroxyl groups is 1. The van der Waals surface area contributed by atoms with Gasteiger partial charge in [0.25, 0.3) is 0 Å². The summed E-state index contributed by atoms with van der Waals surface area (Å²) in [6.45, 7) is 4.03. The molecule has 0 aromatic heterocycles. The Hall–Kier alpha value is -3.56. The summed E-state index contributed by atoms with van der Waals surface area (Å²) in [4.78, 5) is 4.56. The van der Waals surface area contributed by atoms with E-state index in [4.69, 9.17) is 10.5 Å². The molecule has 3 N–H and O–H groups in total.